The van der Waals surface area contributed by atoms with Gasteiger partial charge in [-0.15, -0.1) is 0 Å². The van der Waals surface area contributed by atoms with Crippen LogP contribution in [0.2, 0.25) is 0 Å². The van der Waals surface area contributed by atoms with Gasteiger partial charge in [-0.2, -0.15) is 5.26 Å². The number of allylic oxidation sites excluding steroid dienone is 2. The second-order valence-corrected chi connectivity index (χ2v) is 7.50. The Balaban J connectivity index is 2.04. The molecule has 0 spiro atoms. The van der Waals surface area contributed by atoms with E-state index in [1.165, 1.54) is 0 Å². The zero-order valence-electron chi connectivity index (χ0n) is 15.0. The number of nitrogens with zero attached hydrogens (tertiary/aromatic N) is 1. The zero-order chi connectivity index (χ0) is 18.9. The van der Waals surface area contributed by atoms with Gasteiger partial charge in [0.05, 0.1) is 6.07 Å². The van der Waals surface area contributed by atoms with E-state index in [9.17, 15) is 10.1 Å². The van der Waals surface area contributed by atoms with Crippen molar-refractivity contribution in [3.05, 3.63) is 53.8 Å². The molecule has 2 aliphatic rings. The second-order valence-electron chi connectivity index (χ2n) is 7.50. The molecule has 1 aromatic carbocycles. The number of ether oxygens (including phenoxy) is 2. The number of hydrogen-bond donors (Lipinski definition) is 1. The average Bonchev–Trinajstić information content (AvgIpc) is 2.58. The largest absolute Gasteiger partial charge is 0.490 e. The lowest BCUT2D eigenvalue weighted by Crippen LogP contribution is -2.38. The molecular weight excluding hydrogens is 328 g/mol. The summed E-state index contributed by atoms with van der Waals surface area (Å²) in [6, 6.07) is 9.47. The van der Waals surface area contributed by atoms with Gasteiger partial charge < -0.3 is 9.47 Å². The first-order chi connectivity index (χ1) is 12.4. The number of nitriles is 1. The van der Waals surface area contributed by atoms with Gasteiger partial charge in [-0.25, -0.2) is 0 Å². The molecule has 26 heavy (non-hydrogen) atoms. The molecule has 5 nitrogen and oxygen atoms in total. The smallest absolute Gasteiger partial charge is 0.205 e. The SMILES string of the molecule is C=CCOc1ccc(C2C3=C(CC(C)(C)CC3=O)OC(=N)C2C#N)cc1. The molecule has 1 aliphatic heterocycles. The maximum atomic E-state index is 12.9. The Kier molecular flexibility index (Phi) is 4.69. The molecule has 1 aromatic rings. The molecule has 3 rings (SSSR count). The number of carbonyl (C=O) groups excluding carboxylic acids is 1. The van der Waals surface area contributed by atoms with Crippen molar-refractivity contribution in [2.45, 2.75) is 32.6 Å². The minimum atomic E-state index is -0.807. The van der Waals surface area contributed by atoms with Gasteiger partial charge in [0.25, 0.3) is 0 Å². The van der Waals surface area contributed by atoms with Crippen LogP contribution in [0.15, 0.2) is 48.3 Å². The highest BCUT2D eigenvalue weighted by molar-refractivity contribution is 6.01. The molecule has 0 fully saturated rings. The van der Waals surface area contributed by atoms with E-state index in [0.29, 0.717) is 36.5 Å². The number of ketones is 1. The van der Waals surface area contributed by atoms with Crippen LogP contribution < -0.4 is 4.74 Å². The Labute approximate surface area is 153 Å². The lowest BCUT2D eigenvalue weighted by atomic mass is 9.68. The normalized spacial score (nSPS) is 24.3. The molecule has 1 aliphatic carbocycles. The highest BCUT2D eigenvalue weighted by Gasteiger charge is 2.46. The first-order valence-electron chi connectivity index (χ1n) is 8.62. The van der Waals surface area contributed by atoms with E-state index in [2.05, 4.69) is 12.6 Å². The van der Waals surface area contributed by atoms with Crippen molar-refractivity contribution in [3.63, 3.8) is 0 Å². The topological polar surface area (TPSA) is 83.2 Å². The summed E-state index contributed by atoms with van der Waals surface area (Å²) in [6.07, 6.45) is 2.67. The molecular formula is C21H22N2O3. The predicted octanol–water partition coefficient (Wildman–Crippen LogP) is 4.13. The van der Waals surface area contributed by atoms with Gasteiger partial charge in [0.1, 0.15) is 24.0 Å². The Morgan fingerprint density at radius 3 is 2.69 bits per heavy atom. The molecule has 0 aromatic heterocycles. The lowest BCUT2D eigenvalue weighted by molar-refractivity contribution is -0.119. The number of hydrogen-bond acceptors (Lipinski definition) is 5. The number of Topliss-reactive ketones (excluding diaryl/α,β-unsaturated/α-hetero) is 1. The minimum absolute atomic E-state index is 0.000911. The van der Waals surface area contributed by atoms with Crippen molar-refractivity contribution in [1.82, 2.24) is 0 Å². The lowest BCUT2D eigenvalue weighted by Gasteiger charge is -2.39. The fraction of sp³-hybridized carbons (Fsp3) is 0.381. The average molecular weight is 350 g/mol. The molecule has 134 valence electrons. The van der Waals surface area contributed by atoms with E-state index in [1.54, 1.807) is 6.08 Å². The molecule has 0 saturated heterocycles. The third kappa shape index (κ3) is 3.28. The van der Waals surface area contributed by atoms with Crippen LogP contribution in [0.25, 0.3) is 0 Å². The fourth-order valence-corrected chi connectivity index (χ4v) is 3.65. The van der Waals surface area contributed by atoms with E-state index < -0.39 is 11.8 Å². The van der Waals surface area contributed by atoms with Gasteiger partial charge in [0, 0.05) is 24.3 Å². The van der Waals surface area contributed by atoms with Crippen LogP contribution >= 0.6 is 0 Å². The summed E-state index contributed by atoms with van der Waals surface area (Å²) in [6.45, 7) is 8.05. The fourth-order valence-electron chi connectivity index (χ4n) is 3.65. The monoisotopic (exact) mass is 350 g/mol. The molecule has 5 heteroatoms. The van der Waals surface area contributed by atoms with Gasteiger partial charge in [-0.05, 0) is 23.1 Å². The third-order valence-corrected chi connectivity index (χ3v) is 4.79. The quantitative estimate of drug-likeness (QED) is 0.828. The highest BCUT2D eigenvalue weighted by Crippen LogP contribution is 2.47. The summed E-state index contributed by atoms with van der Waals surface area (Å²) >= 11 is 0. The molecule has 0 bridgehead atoms. The Morgan fingerprint density at radius 1 is 1.38 bits per heavy atom. The van der Waals surface area contributed by atoms with Gasteiger partial charge in [0.15, 0.2) is 5.78 Å². The van der Waals surface area contributed by atoms with E-state index >= 15 is 0 Å². The van der Waals surface area contributed by atoms with Crippen molar-refractivity contribution in [2.75, 3.05) is 6.61 Å². The Hall–Kier alpha value is -2.87. The summed E-state index contributed by atoms with van der Waals surface area (Å²) in [5, 5.41) is 17.8. The van der Waals surface area contributed by atoms with E-state index in [-0.39, 0.29) is 17.1 Å². The minimum Gasteiger partial charge on any atom is -0.490 e. The maximum absolute atomic E-state index is 12.9. The molecule has 1 N–H and O–H groups in total. The Bertz CT molecular complexity index is 828. The van der Waals surface area contributed by atoms with Crippen LogP contribution in [-0.4, -0.2) is 18.3 Å². The summed E-state index contributed by atoms with van der Waals surface area (Å²) in [5.74, 6) is -0.142. The van der Waals surface area contributed by atoms with Crippen LogP contribution in [-0.2, 0) is 9.53 Å². The standard InChI is InChI=1S/C21H22N2O3/c1-4-9-25-14-7-5-13(6-8-14)18-15(12-22)20(23)26-17-11-21(2,3)10-16(24)19(17)18/h4-8,15,18,23H,1,9-11H2,2-3H3. The van der Waals surface area contributed by atoms with Crippen molar-refractivity contribution in [2.24, 2.45) is 11.3 Å². The van der Waals surface area contributed by atoms with Crippen LogP contribution in [0.4, 0.5) is 0 Å². The van der Waals surface area contributed by atoms with Gasteiger partial charge in [-0.1, -0.05) is 38.6 Å². The van der Waals surface area contributed by atoms with Crippen LogP contribution in [0, 0.1) is 28.1 Å². The zero-order valence-corrected chi connectivity index (χ0v) is 15.0. The molecule has 2 unspecified atom stereocenters. The van der Waals surface area contributed by atoms with Crippen LogP contribution in [0.1, 0.15) is 38.2 Å². The molecule has 0 radical (unpaired) electrons. The summed E-state index contributed by atoms with van der Waals surface area (Å²) < 4.78 is 11.1. The van der Waals surface area contributed by atoms with E-state index in [1.807, 2.05) is 38.1 Å². The van der Waals surface area contributed by atoms with Crippen molar-refractivity contribution < 1.29 is 14.3 Å². The van der Waals surface area contributed by atoms with Crippen molar-refractivity contribution in [1.29, 1.82) is 10.7 Å². The van der Waals surface area contributed by atoms with Gasteiger partial charge >= 0.3 is 0 Å². The van der Waals surface area contributed by atoms with Crippen LogP contribution in [0.5, 0.6) is 5.75 Å². The molecule has 2 atom stereocenters. The van der Waals surface area contributed by atoms with E-state index in [0.717, 1.165) is 5.56 Å². The number of rotatable bonds is 4. The second kappa shape index (κ2) is 6.80. The summed E-state index contributed by atoms with van der Waals surface area (Å²) in [7, 11) is 0. The number of carbonyl (C=O) groups is 1. The Morgan fingerprint density at radius 2 is 2.08 bits per heavy atom. The summed E-state index contributed by atoms with van der Waals surface area (Å²) in [5.41, 5.74) is 1.16. The highest BCUT2D eigenvalue weighted by atomic mass is 16.5. The first kappa shape index (κ1) is 17.9. The third-order valence-electron chi connectivity index (χ3n) is 4.79. The number of benzene rings is 1. The van der Waals surface area contributed by atoms with Gasteiger partial charge in [0.2, 0.25) is 5.90 Å². The van der Waals surface area contributed by atoms with Crippen molar-refractivity contribution in [3.8, 4) is 11.8 Å². The van der Waals surface area contributed by atoms with Crippen molar-refractivity contribution >= 4 is 11.7 Å². The van der Waals surface area contributed by atoms with E-state index in [4.69, 9.17) is 14.9 Å². The van der Waals surface area contributed by atoms with Gasteiger partial charge in [-0.3, -0.25) is 10.2 Å². The predicted molar refractivity (Wildman–Crippen MR) is 97.8 cm³/mol. The summed E-state index contributed by atoms with van der Waals surface area (Å²) in [4.78, 5) is 12.9. The molecule has 0 saturated carbocycles. The first-order valence-corrected chi connectivity index (χ1v) is 8.62. The molecule has 1 heterocycles. The van der Waals surface area contributed by atoms with Crippen LogP contribution in [0.3, 0.4) is 0 Å². The maximum Gasteiger partial charge on any atom is 0.205 e. The number of nitrogens with one attached hydrogen (secondary N) is 1. The molecule has 0 amide bonds.